The summed E-state index contributed by atoms with van der Waals surface area (Å²) in [5, 5.41) is 13.5. The van der Waals surface area contributed by atoms with Crippen molar-refractivity contribution in [3.05, 3.63) is 47.5 Å². The van der Waals surface area contributed by atoms with Crippen molar-refractivity contribution in [2.75, 3.05) is 89.9 Å². The summed E-state index contributed by atoms with van der Waals surface area (Å²) < 4.78 is 52.9. The average molecular weight is 633 g/mol. The Morgan fingerprint density at radius 3 is 2.53 bits per heavy atom. The third-order valence-corrected chi connectivity index (χ3v) is 7.57. The molecule has 0 radical (unpaired) electrons. The van der Waals surface area contributed by atoms with E-state index in [9.17, 15) is 22.8 Å². The van der Waals surface area contributed by atoms with Gasteiger partial charge in [0.1, 0.15) is 0 Å². The van der Waals surface area contributed by atoms with Crippen LogP contribution in [0.15, 0.2) is 30.6 Å². The molecule has 14 nitrogen and oxygen atoms in total. The van der Waals surface area contributed by atoms with Gasteiger partial charge in [0.15, 0.2) is 11.4 Å². The number of nitrogens with one attached hydrogen (secondary N) is 2. The van der Waals surface area contributed by atoms with Gasteiger partial charge < -0.3 is 29.9 Å². The van der Waals surface area contributed by atoms with E-state index in [0.29, 0.717) is 44.2 Å². The third-order valence-electron chi connectivity index (χ3n) is 7.57. The molecule has 0 bridgehead atoms. The van der Waals surface area contributed by atoms with E-state index in [4.69, 9.17) is 9.47 Å². The summed E-state index contributed by atoms with van der Waals surface area (Å²) in [6.07, 6.45) is -1.92. The molecular formula is C28H35F3N10O4. The van der Waals surface area contributed by atoms with Crippen molar-refractivity contribution in [1.29, 1.82) is 0 Å². The Morgan fingerprint density at radius 1 is 1.07 bits per heavy atom. The molecule has 0 saturated carbocycles. The zero-order valence-corrected chi connectivity index (χ0v) is 25.0. The molecule has 17 heteroatoms. The summed E-state index contributed by atoms with van der Waals surface area (Å²) in [4.78, 5) is 39.5. The van der Waals surface area contributed by atoms with Gasteiger partial charge in [-0.2, -0.15) is 18.2 Å². The van der Waals surface area contributed by atoms with Gasteiger partial charge in [-0.15, -0.1) is 5.10 Å². The largest absolute Gasteiger partial charge is 0.467 e. The number of piperazine rings is 1. The second-order valence-corrected chi connectivity index (χ2v) is 10.7. The minimum atomic E-state index is -4.93. The summed E-state index contributed by atoms with van der Waals surface area (Å²) in [5.74, 6) is -1.43. The monoisotopic (exact) mass is 632 g/mol. The van der Waals surface area contributed by atoms with Crippen LogP contribution in [0.2, 0.25) is 0 Å². The number of carbonyl (C=O) groups excluding carboxylic acids is 2. The van der Waals surface area contributed by atoms with E-state index in [1.54, 1.807) is 18.2 Å². The maximum atomic E-state index is 13.8. The first-order chi connectivity index (χ1) is 21.6. The Morgan fingerprint density at radius 2 is 1.82 bits per heavy atom. The van der Waals surface area contributed by atoms with E-state index in [1.165, 1.54) is 10.9 Å². The van der Waals surface area contributed by atoms with Gasteiger partial charge in [0.05, 0.1) is 49.1 Å². The van der Waals surface area contributed by atoms with E-state index in [2.05, 4.69) is 40.7 Å². The van der Waals surface area contributed by atoms with Crippen molar-refractivity contribution in [3.8, 4) is 11.7 Å². The minimum Gasteiger partial charge on any atom is -0.467 e. The van der Waals surface area contributed by atoms with E-state index in [0.717, 1.165) is 52.5 Å². The number of aromatic nitrogens is 5. The fourth-order valence-corrected chi connectivity index (χ4v) is 5.04. The number of amides is 2. The Bertz CT molecular complexity index is 1490. The molecule has 2 N–H and O–H groups in total. The molecule has 0 spiro atoms. The van der Waals surface area contributed by atoms with Crippen molar-refractivity contribution in [2.24, 2.45) is 0 Å². The predicted octanol–water partition coefficient (Wildman–Crippen LogP) is 1.54. The van der Waals surface area contributed by atoms with Gasteiger partial charge in [-0.05, 0) is 38.2 Å². The maximum absolute atomic E-state index is 13.8. The zero-order chi connectivity index (χ0) is 32.0. The molecule has 2 aliphatic rings. The number of alkyl halides is 3. The highest BCUT2D eigenvalue weighted by molar-refractivity contribution is 6.06. The zero-order valence-electron chi connectivity index (χ0n) is 25.0. The number of ether oxygens (including phenoxy) is 2. The fourth-order valence-electron chi connectivity index (χ4n) is 5.04. The van der Waals surface area contributed by atoms with Gasteiger partial charge in [-0.3, -0.25) is 14.5 Å². The second-order valence-electron chi connectivity index (χ2n) is 10.7. The topological polar surface area (TPSA) is 143 Å². The molecule has 2 saturated heterocycles. The van der Waals surface area contributed by atoms with E-state index in [-0.39, 0.29) is 17.3 Å². The van der Waals surface area contributed by atoms with Crippen LogP contribution >= 0.6 is 0 Å². The number of rotatable bonds is 10. The lowest BCUT2D eigenvalue weighted by Crippen LogP contribution is -2.44. The van der Waals surface area contributed by atoms with Gasteiger partial charge in [0.2, 0.25) is 0 Å². The fraction of sp³-hybridized carbons (Fsp3) is 0.500. The number of halogens is 3. The third kappa shape index (κ3) is 8.03. The lowest BCUT2D eigenvalue weighted by Gasteiger charge is -2.35. The average Bonchev–Trinajstić information content (AvgIpc) is 3.54. The molecule has 45 heavy (non-hydrogen) atoms. The molecule has 3 aromatic rings. The predicted molar refractivity (Wildman–Crippen MR) is 157 cm³/mol. The highest BCUT2D eigenvalue weighted by Gasteiger charge is 2.38. The molecule has 5 rings (SSSR count). The quantitative estimate of drug-likeness (QED) is 0.314. The number of nitrogens with zero attached hydrogens (tertiary/aromatic N) is 8. The van der Waals surface area contributed by atoms with E-state index in [1.807, 2.05) is 11.9 Å². The van der Waals surface area contributed by atoms with Crippen molar-refractivity contribution < 1.29 is 32.2 Å². The molecular weight excluding hydrogens is 597 g/mol. The van der Waals surface area contributed by atoms with Crippen LogP contribution in [0.3, 0.4) is 0 Å². The number of methoxy groups -OCH3 is 1. The molecule has 0 aliphatic carbocycles. The second kappa shape index (κ2) is 14.2. The van der Waals surface area contributed by atoms with Crippen molar-refractivity contribution in [1.82, 2.24) is 40.1 Å². The van der Waals surface area contributed by atoms with Crippen LogP contribution in [0.5, 0.6) is 6.01 Å². The smallest absolute Gasteiger partial charge is 0.434 e. The molecule has 2 aromatic heterocycles. The molecule has 0 atom stereocenters. The summed E-state index contributed by atoms with van der Waals surface area (Å²) in [6, 6.07) is 4.54. The Labute approximate surface area is 257 Å². The van der Waals surface area contributed by atoms with Gasteiger partial charge in [0, 0.05) is 52.0 Å². The van der Waals surface area contributed by atoms with Crippen LogP contribution in [0, 0.1) is 0 Å². The highest BCUT2D eigenvalue weighted by Crippen LogP contribution is 2.33. The summed E-state index contributed by atoms with van der Waals surface area (Å²) in [5.41, 5.74) is -0.783. The van der Waals surface area contributed by atoms with Gasteiger partial charge >= 0.3 is 12.2 Å². The molecule has 2 fully saturated rings. The summed E-state index contributed by atoms with van der Waals surface area (Å²) in [7, 11) is 3.13. The number of benzene rings is 1. The van der Waals surface area contributed by atoms with E-state index < -0.39 is 29.4 Å². The number of morpholine rings is 1. The minimum absolute atomic E-state index is 0.0975. The normalized spacial score (nSPS) is 16.4. The molecule has 1 aromatic carbocycles. The van der Waals surface area contributed by atoms with Crippen LogP contribution < -0.4 is 20.3 Å². The number of anilines is 2. The molecule has 242 valence electrons. The summed E-state index contributed by atoms with van der Waals surface area (Å²) in [6.45, 7) is 7.26. The van der Waals surface area contributed by atoms with Crippen molar-refractivity contribution in [2.45, 2.75) is 12.6 Å². The number of carbonyl (C=O) groups is 2. The maximum Gasteiger partial charge on any atom is 0.434 e. The standard InChI is InChI=1S/C28H35F3N10O4/c1-38-8-10-40(11-9-38)23-5-4-19(16-21(23)34-25(42)20-17-33-27(44-2)35-24(20)28(29,30)31)41-18-22(36-37-41)26(43)32-6-3-7-39-12-14-45-15-13-39/h4-5,16-18H,3,6-15H2,1-2H3,(H,32,43)(H,34,42). The number of likely N-dealkylation sites (N-methyl/N-ethyl adjacent to an activating group) is 1. The molecule has 2 amide bonds. The molecule has 2 aliphatic heterocycles. The Kier molecular flexibility index (Phi) is 10.1. The van der Waals surface area contributed by atoms with Crippen LogP contribution in [0.25, 0.3) is 5.69 Å². The summed E-state index contributed by atoms with van der Waals surface area (Å²) >= 11 is 0. The first-order valence-electron chi connectivity index (χ1n) is 14.5. The van der Waals surface area contributed by atoms with Gasteiger partial charge in [0.25, 0.3) is 11.8 Å². The van der Waals surface area contributed by atoms with E-state index >= 15 is 0 Å². The first-order valence-corrected chi connectivity index (χ1v) is 14.5. The SMILES string of the molecule is COc1ncc(C(=O)Nc2cc(-n3cc(C(=O)NCCCN4CCOCC4)nn3)ccc2N2CCN(C)CC2)c(C(F)(F)F)n1. The van der Waals surface area contributed by atoms with Crippen LogP contribution in [-0.2, 0) is 10.9 Å². The Balaban J connectivity index is 1.34. The van der Waals surface area contributed by atoms with Crippen molar-refractivity contribution >= 4 is 23.2 Å². The number of hydrogen-bond acceptors (Lipinski definition) is 11. The van der Waals surface area contributed by atoms with Gasteiger partial charge in [-0.25, -0.2) is 9.67 Å². The van der Waals surface area contributed by atoms with Gasteiger partial charge in [-0.1, -0.05) is 5.21 Å². The number of hydrogen-bond donors (Lipinski definition) is 2. The molecule has 0 unspecified atom stereocenters. The highest BCUT2D eigenvalue weighted by atomic mass is 19.4. The lowest BCUT2D eigenvalue weighted by molar-refractivity contribution is -0.141. The Hall–Kier alpha value is -4.35. The van der Waals surface area contributed by atoms with Crippen LogP contribution in [0.4, 0.5) is 24.5 Å². The van der Waals surface area contributed by atoms with Crippen LogP contribution in [-0.4, -0.2) is 126 Å². The van der Waals surface area contributed by atoms with Crippen molar-refractivity contribution in [3.63, 3.8) is 0 Å². The lowest BCUT2D eigenvalue weighted by atomic mass is 10.1. The first kappa shape index (κ1) is 32.1. The van der Waals surface area contributed by atoms with Crippen LogP contribution in [0.1, 0.15) is 33.0 Å². The molecule has 4 heterocycles.